The Labute approximate surface area is 186 Å². The van der Waals surface area contributed by atoms with Crippen LogP contribution in [0.2, 0.25) is 5.02 Å². The molecule has 1 fully saturated rings. The highest BCUT2D eigenvalue weighted by atomic mass is 127. The molecule has 0 aromatic carbocycles. The number of thiazole rings is 1. The average Bonchev–Trinajstić information content (AvgIpc) is 3.30. The number of pyridine rings is 1. The molecule has 6 nitrogen and oxygen atoms in total. The summed E-state index contributed by atoms with van der Waals surface area (Å²) < 4.78 is 0. The maximum atomic E-state index is 6.26. The number of rotatable bonds is 6. The lowest BCUT2D eigenvalue weighted by Gasteiger charge is -2.20. The molecule has 0 saturated carbocycles. The first-order valence-corrected chi connectivity index (χ1v) is 10.1. The van der Waals surface area contributed by atoms with Crippen LogP contribution < -0.4 is 15.5 Å². The number of hydrogen-bond donors (Lipinski definition) is 2. The second kappa shape index (κ2) is 11.0. The van der Waals surface area contributed by atoms with E-state index in [1.54, 1.807) is 24.6 Å². The molecule has 1 atom stereocenters. The average molecular weight is 521 g/mol. The number of anilines is 1. The minimum absolute atomic E-state index is 0. The third-order valence-corrected chi connectivity index (χ3v) is 5.87. The highest BCUT2D eigenvalue weighted by molar-refractivity contribution is 14.0. The number of hydrogen-bond acceptors (Lipinski definition) is 5. The van der Waals surface area contributed by atoms with Gasteiger partial charge in [-0.05, 0) is 25.0 Å². The van der Waals surface area contributed by atoms with Crippen LogP contribution in [0.15, 0.2) is 29.5 Å². The van der Waals surface area contributed by atoms with Crippen molar-refractivity contribution in [2.45, 2.75) is 32.2 Å². The predicted octanol–water partition coefficient (Wildman–Crippen LogP) is 3.36. The van der Waals surface area contributed by atoms with E-state index in [1.165, 1.54) is 9.88 Å². The Kier molecular flexibility index (Phi) is 9.04. The molecule has 3 heterocycles. The van der Waals surface area contributed by atoms with E-state index in [9.17, 15) is 0 Å². The Balaban J connectivity index is 0.00000261. The van der Waals surface area contributed by atoms with Crippen molar-refractivity contribution >= 4 is 58.7 Å². The fourth-order valence-electron chi connectivity index (χ4n) is 2.98. The summed E-state index contributed by atoms with van der Waals surface area (Å²) in [5, 5.41) is 8.75. The first-order chi connectivity index (χ1) is 12.7. The van der Waals surface area contributed by atoms with Crippen LogP contribution in [0.5, 0.6) is 0 Å². The molecule has 148 valence electrons. The molecule has 1 saturated heterocycles. The summed E-state index contributed by atoms with van der Waals surface area (Å²) in [6.07, 6.45) is 6.74. The maximum absolute atomic E-state index is 6.26. The topological polar surface area (TPSA) is 65.4 Å². The zero-order valence-corrected chi connectivity index (χ0v) is 19.5. The lowest BCUT2D eigenvalue weighted by molar-refractivity contribution is 0.648. The van der Waals surface area contributed by atoms with Crippen LogP contribution in [-0.4, -0.2) is 48.7 Å². The first kappa shape index (κ1) is 22.2. The summed E-state index contributed by atoms with van der Waals surface area (Å²) in [6, 6.07) is 4.06. The molecule has 1 aliphatic rings. The summed E-state index contributed by atoms with van der Waals surface area (Å²) in [5.41, 5.74) is 0. The van der Waals surface area contributed by atoms with Crippen molar-refractivity contribution in [1.29, 1.82) is 0 Å². The number of aromatic nitrogens is 2. The Morgan fingerprint density at radius 2 is 2.30 bits per heavy atom. The molecule has 2 aromatic rings. The van der Waals surface area contributed by atoms with Gasteiger partial charge in [0.15, 0.2) is 5.96 Å². The Bertz CT molecular complexity index is 753. The third kappa shape index (κ3) is 6.18. The molecule has 2 aromatic heterocycles. The molecule has 0 radical (unpaired) electrons. The number of halogens is 2. The minimum Gasteiger partial charge on any atom is -0.356 e. The molecule has 3 rings (SSSR count). The number of aryl methyl sites for hydroxylation is 1. The van der Waals surface area contributed by atoms with E-state index in [2.05, 4.69) is 37.4 Å². The summed E-state index contributed by atoms with van der Waals surface area (Å²) in [7, 11) is 1.80. The van der Waals surface area contributed by atoms with Crippen LogP contribution in [0.1, 0.15) is 23.2 Å². The molecule has 0 amide bonds. The second-order valence-electron chi connectivity index (χ2n) is 6.21. The molecule has 2 N–H and O–H groups in total. The van der Waals surface area contributed by atoms with Gasteiger partial charge >= 0.3 is 0 Å². The van der Waals surface area contributed by atoms with E-state index in [0.717, 1.165) is 50.7 Å². The van der Waals surface area contributed by atoms with Crippen LogP contribution in [0.4, 0.5) is 5.82 Å². The number of aliphatic imine (C=N–C) groups is 1. The van der Waals surface area contributed by atoms with Crippen molar-refractivity contribution in [3.63, 3.8) is 0 Å². The van der Waals surface area contributed by atoms with Gasteiger partial charge in [-0.3, -0.25) is 4.99 Å². The Hall–Kier alpha value is -1.13. The van der Waals surface area contributed by atoms with Gasteiger partial charge in [-0.15, -0.1) is 35.3 Å². The molecular weight excluding hydrogens is 495 g/mol. The smallest absolute Gasteiger partial charge is 0.191 e. The molecule has 9 heteroatoms. The Morgan fingerprint density at radius 1 is 1.44 bits per heavy atom. The monoisotopic (exact) mass is 520 g/mol. The lowest BCUT2D eigenvalue weighted by Crippen LogP contribution is -2.45. The van der Waals surface area contributed by atoms with E-state index in [-0.39, 0.29) is 24.0 Å². The highest BCUT2D eigenvalue weighted by Gasteiger charge is 2.25. The lowest BCUT2D eigenvalue weighted by atomic mass is 10.3. The minimum atomic E-state index is 0. The molecule has 0 spiro atoms. The predicted molar refractivity (Wildman–Crippen MR) is 125 cm³/mol. The molecule has 1 aliphatic heterocycles. The molecule has 27 heavy (non-hydrogen) atoms. The fraction of sp³-hybridized carbons (Fsp3) is 0.500. The summed E-state index contributed by atoms with van der Waals surface area (Å²) in [6.45, 7) is 4.78. The zero-order chi connectivity index (χ0) is 18.4. The van der Waals surface area contributed by atoms with E-state index >= 15 is 0 Å². The van der Waals surface area contributed by atoms with E-state index in [0.29, 0.717) is 11.1 Å². The quantitative estimate of drug-likeness (QED) is 0.347. The van der Waals surface area contributed by atoms with Crippen molar-refractivity contribution in [3.05, 3.63) is 39.4 Å². The van der Waals surface area contributed by atoms with Crippen LogP contribution >= 0.6 is 46.9 Å². The molecule has 0 bridgehead atoms. The number of nitrogens with zero attached hydrogens (tertiary/aromatic N) is 4. The van der Waals surface area contributed by atoms with Crippen LogP contribution in [0.3, 0.4) is 0 Å². The maximum Gasteiger partial charge on any atom is 0.191 e. The SMILES string of the molecule is CCc1cnc(CCNC(=NC)NC2CCN(c3ncccc3Cl)C2)s1.I. The second-order valence-corrected chi connectivity index (χ2v) is 7.81. The van der Waals surface area contributed by atoms with Gasteiger partial charge < -0.3 is 15.5 Å². The largest absolute Gasteiger partial charge is 0.356 e. The molecule has 0 aliphatic carbocycles. The van der Waals surface area contributed by atoms with Crippen molar-refractivity contribution in [1.82, 2.24) is 20.6 Å². The number of guanidine groups is 1. The van der Waals surface area contributed by atoms with Gasteiger partial charge in [0, 0.05) is 56.4 Å². The van der Waals surface area contributed by atoms with Gasteiger partial charge in [-0.1, -0.05) is 18.5 Å². The standard InChI is InChI=1S/C18H25ClN6S.HI/c1-3-14-11-23-16(26-14)6-9-22-18(20-2)24-13-7-10-25(12-13)17-15(19)5-4-8-21-17;/h4-5,8,11,13H,3,6-7,9-10,12H2,1-2H3,(H2,20,22,24);1H. The van der Waals surface area contributed by atoms with E-state index in [1.807, 2.05) is 18.3 Å². The summed E-state index contributed by atoms with van der Waals surface area (Å²) in [5.74, 6) is 1.69. The summed E-state index contributed by atoms with van der Waals surface area (Å²) in [4.78, 5) is 16.7. The third-order valence-electron chi connectivity index (χ3n) is 4.37. The van der Waals surface area contributed by atoms with Crippen molar-refractivity contribution in [2.75, 3.05) is 31.6 Å². The molecule has 1 unspecified atom stereocenters. The first-order valence-electron chi connectivity index (χ1n) is 8.95. The highest BCUT2D eigenvalue weighted by Crippen LogP contribution is 2.25. The van der Waals surface area contributed by atoms with Crippen molar-refractivity contribution < 1.29 is 0 Å². The fourth-order valence-corrected chi connectivity index (χ4v) is 4.09. The number of nitrogens with one attached hydrogen (secondary N) is 2. The van der Waals surface area contributed by atoms with Crippen LogP contribution in [0, 0.1) is 0 Å². The summed E-state index contributed by atoms with van der Waals surface area (Å²) >= 11 is 8.05. The van der Waals surface area contributed by atoms with Gasteiger partial charge in [0.1, 0.15) is 5.82 Å². The van der Waals surface area contributed by atoms with Crippen LogP contribution in [-0.2, 0) is 12.8 Å². The van der Waals surface area contributed by atoms with Gasteiger partial charge in [0.25, 0.3) is 0 Å². The van der Waals surface area contributed by atoms with Gasteiger partial charge in [-0.2, -0.15) is 0 Å². The Morgan fingerprint density at radius 3 is 3.00 bits per heavy atom. The van der Waals surface area contributed by atoms with Crippen molar-refractivity contribution in [3.8, 4) is 0 Å². The van der Waals surface area contributed by atoms with E-state index in [4.69, 9.17) is 11.6 Å². The van der Waals surface area contributed by atoms with E-state index < -0.39 is 0 Å². The van der Waals surface area contributed by atoms with Gasteiger partial charge in [-0.25, -0.2) is 9.97 Å². The molecular formula is C18H26ClIN6S. The van der Waals surface area contributed by atoms with Gasteiger partial charge in [0.2, 0.25) is 0 Å². The van der Waals surface area contributed by atoms with Gasteiger partial charge in [0.05, 0.1) is 10.0 Å². The zero-order valence-electron chi connectivity index (χ0n) is 15.6. The van der Waals surface area contributed by atoms with Crippen LogP contribution in [0.25, 0.3) is 0 Å². The van der Waals surface area contributed by atoms with Crippen molar-refractivity contribution in [2.24, 2.45) is 4.99 Å². The normalized spacial score (nSPS) is 16.9.